The number of ether oxygens (including phenoxy) is 2. The first-order valence-corrected chi connectivity index (χ1v) is 9.63. The second kappa shape index (κ2) is 9.23. The van der Waals surface area contributed by atoms with E-state index in [9.17, 15) is 4.79 Å². The van der Waals surface area contributed by atoms with Gasteiger partial charge in [0.1, 0.15) is 11.4 Å². The molecule has 1 aromatic rings. The number of benzene rings is 1. The van der Waals surface area contributed by atoms with Crippen LogP contribution in [0.5, 0.6) is 5.75 Å². The fourth-order valence-corrected chi connectivity index (χ4v) is 3.35. The van der Waals surface area contributed by atoms with Gasteiger partial charge in [-0.2, -0.15) is 0 Å². The first-order valence-electron chi connectivity index (χ1n) is 9.63. The van der Waals surface area contributed by atoms with E-state index in [-0.39, 0.29) is 5.91 Å². The van der Waals surface area contributed by atoms with Crippen molar-refractivity contribution in [1.82, 2.24) is 0 Å². The standard InChI is InChI=1S/C21H33NO3/c1-5-13-25-21(12-6-7-17(4)14-21)20(23)22-18-8-10-19(11-9-18)24-15-16(2)3/h8-11,16-17H,5-7,12-15H2,1-4H3,(H,22,23). The van der Waals surface area contributed by atoms with E-state index >= 15 is 0 Å². The van der Waals surface area contributed by atoms with Crippen molar-refractivity contribution in [2.45, 2.75) is 65.4 Å². The summed E-state index contributed by atoms with van der Waals surface area (Å²) in [6.07, 6.45) is 4.74. The first kappa shape index (κ1) is 19.8. The Bertz CT molecular complexity index is 541. The number of hydrogen-bond acceptors (Lipinski definition) is 3. The molecule has 0 heterocycles. The molecule has 0 aromatic heterocycles. The molecule has 2 unspecified atom stereocenters. The molecule has 4 heteroatoms. The SMILES string of the molecule is CCCOC1(C(=O)Nc2ccc(OCC(C)C)cc2)CCCC(C)C1. The Kier molecular flexibility index (Phi) is 7.30. The van der Waals surface area contributed by atoms with Crippen LogP contribution in [0.25, 0.3) is 0 Å². The van der Waals surface area contributed by atoms with Gasteiger partial charge < -0.3 is 14.8 Å². The molecule has 25 heavy (non-hydrogen) atoms. The Labute approximate surface area is 152 Å². The maximum atomic E-state index is 13.0. The predicted octanol–water partition coefficient (Wildman–Crippen LogP) is 5.04. The number of nitrogens with one attached hydrogen (secondary N) is 1. The van der Waals surface area contributed by atoms with Crippen molar-refractivity contribution in [3.63, 3.8) is 0 Å². The summed E-state index contributed by atoms with van der Waals surface area (Å²) in [5, 5.41) is 3.05. The Morgan fingerprint density at radius 2 is 2.04 bits per heavy atom. The van der Waals surface area contributed by atoms with Gasteiger partial charge in [0, 0.05) is 12.3 Å². The molecule has 2 atom stereocenters. The summed E-state index contributed by atoms with van der Waals surface area (Å²) in [6.45, 7) is 9.84. The van der Waals surface area contributed by atoms with Gasteiger partial charge in [-0.15, -0.1) is 0 Å². The third kappa shape index (κ3) is 5.74. The Hall–Kier alpha value is -1.55. The molecule has 1 aliphatic carbocycles. The zero-order valence-electron chi connectivity index (χ0n) is 16.1. The molecule has 140 valence electrons. The van der Waals surface area contributed by atoms with Crippen LogP contribution in [-0.4, -0.2) is 24.7 Å². The molecule has 1 aromatic carbocycles. The van der Waals surface area contributed by atoms with Crippen LogP contribution in [0.2, 0.25) is 0 Å². The van der Waals surface area contributed by atoms with Crippen molar-refractivity contribution in [3.8, 4) is 5.75 Å². The zero-order chi connectivity index (χ0) is 18.3. The minimum absolute atomic E-state index is 0.0108. The van der Waals surface area contributed by atoms with Gasteiger partial charge >= 0.3 is 0 Å². The van der Waals surface area contributed by atoms with Crippen molar-refractivity contribution < 1.29 is 14.3 Å². The van der Waals surface area contributed by atoms with Gasteiger partial charge in [0.2, 0.25) is 0 Å². The average Bonchev–Trinajstić information content (AvgIpc) is 2.59. The molecule has 0 spiro atoms. The third-order valence-corrected chi connectivity index (χ3v) is 4.65. The van der Waals surface area contributed by atoms with Crippen LogP contribution >= 0.6 is 0 Å². The lowest BCUT2D eigenvalue weighted by molar-refractivity contribution is -0.148. The van der Waals surface area contributed by atoms with Gasteiger partial charge in [0.25, 0.3) is 5.91 Å². The number of carbonyl (C=O) groups is 1. The molecular weight excluding hydrogens is 314 g/mol. The van der Waals surface area contributed by atoms with E-state index in [0.717, 1.165) is 37.1 Å². The van der Waals surface area contributed by atoms with E-state index in [0.29, 0.717) is 25.0 Å². The number of amides is 1. The summed E-state index contributed by atoms with van der Waals surface area (Å²) in [4.78, 5) is 13.0. The van der Waals surface area contributed by atoms with Gasteiger partial charge in [-0.1, -0.05) is 34.1 Å². The summed E-state index contributed by atoms with van der Waals surface area (Å²) in [6, 6.07) is 7.60. The van der Waals surface area contributed by atoms with Gasteiger partial charge in [0.15, 0.2) is 0 Å². The number of anilines is 1. The highest BCUT2D eigenvalue weighted by atomic mass is 16.5. The maximum absolute atomic E-state index is 13.0. The summed E-state index contributed by atoms with van der Waals surface area (Å²) in [7, 11) is 0. The normalized spacial score (nSPS) is 23.5. The van der Waals surface area contributed by atoms with Crippen molar-refractivity contribution in [1.29, 1.82) is 0 Å². The van der Waals surface area contributed by atoms with Crippen molar-refractivity contribution >= 4 is 11.6 Å². The van der Waals surface area contributed by atoms with Crippen LogP contribution in [0.4, 0.5) is 5.69 Å². The zero-order valence-corrected chi connectivity index (χ0v) is 16.1. The second-order valence-electron chi connectivity index (χ2n) is 7.73. The summed E-state index contributed by atoms with van der Waals surface area (Å²) in [5.74, 6) is 1.82. The summed E-state index contributed by atoms with van der Waals surface area (Å²) >= 11 is 0. The molecular formula is C21H33NO3. The Balaban J connectivity index is 2.02. The molecule has 0 saturated heterocycles. The van der Waals surface area contributed by atoms with E-state index in [1.807, 2.05) is 24.3 Å². The molecule has 1 aliphatic rings. The third-order valence-electron chi connectivity index (χ3n) is 4.65. The molecule has 1 N–H and O–H groups in total. The molecule has 0 aliphatic heterocycles. The largest absolute Gasteiger partial charge is 0.493 e. The highest BCUT2D eigenvalue weighted by Gasteiger charge is 2.42. The molecule has 0 radical (unpaired) electrons. The van der Waals surface area contributed by atoms with E-state index in [1.54, 1.807) is 0 Å². The molecule has 1 fully saturated rings. The minimum Gasteiger partial charge on any atom is -0.493 e. The molecule has 0 bridgehead atoms. The van der Waals surface area contributed by atoms with Crippen LogP contribution in [0.3, 0.4) is 0 Å². The monoisotopic (exact) mass is 347 g/mol. The summed E-state index contributed by atoms with van der Waals surface area (Å²) in [5.41, 5.74) is 0.111. The topological polar surface area (TPSA) is 47.6 Å². The van der Waals surface area contributed by atoms with Crippen molar-refractivity contribution in [2.75, 3.05) is 18.5 Å². The van der Waals surface area contributed by atoms with E-state index in [1.165, 1.54) is 6.42 Å². The lowest BCUT2D eigenvalue weighted by Crippen LogP contribution is -2.48. The molecule has 1 amide bonds. The Morgan fingerprint density at radius 1 is 1.32 bits per heavy atom. The lowest BCUT2D eigenvalue weighted by atomic mass is 9.78. The maximum Gasteiger partial charge on any atom is 0.256 e. The average molecular weight is 347 g/mol. The highest BCUT2D eigenvalue weighted by Crippen LogP contribution is 2.36. The number of hydrogen-bond donors (Lipinski definition) is 1. The predicted molar refractivity (Wildman–Crippen MR) is 102 cm³/mol. The quantitative estimate of drug-likeness (QED) is 0.717. The van der Waals surface area contributed by atoms with Crippen molar-refractivity contribution in [2.24, 2.45) is 11.8 Å². The van der Waals surface area contributed by atoms with Gasteiger partial charge in [-0.05, 0) is 61.8 Å². The van der Waals surface area contributed by atoms with E-state index in [2.05, 4.69) is 33.0 Å². The fraction of sp³-hybridized carbons (Fsp3) is 0.667. The molecule has 2 rings (SSSR count). The van der Waals surface area contributed by atoms with E-state index < -0.39 is 5.60 Å². The lowest BCUT2D eigenvalue weighted by Gasteiger charge is -2.38. The van der Waals surface area contributed by atoms with Gasteiger partial charge in [0.05, 0.1) is 6.61 Å². The minimum atomic E-state index is -0.680. The van der Waals surface area contributed by atoms with E-state index in [4.69, 9.17) is 9.47 Å². The first-order chi connectivity index (χ1) is 11.9. The molecule has 4 nitrogen and oxygen atoms in total. The van der Waals surface area contributed by atoms with Crippen molar-refractivity contribution in [3.05, 3.63) is 24.3 Å². The number of carbonyl (C=O) groups excluding carboxylic acids is 1. The second-order valence-corrected chi connectivity index (χ2v) is 7.73. The molecule has 1 saturated carbocycles. The van der Waals surface area contributed by atoms with Crippen LogP contribution in [0.15, 0.2) is 24.3 Å². The van der Waals surface area contributed by atoms with Crippen LogP contribution in [0.1, 0.15) is 59.8 Å². The van der Waals surface area contributed by atoms with Gasteiger partial charge in [-0.3, -0.25) is 4.79 Å². The fourth-order valence-electron chi connectivity index (χ4n) is 3.35. The van der Waals surface area contributed by atoms with Crippen LogP contribution in [-0.2, 0) is 9.53 Å². The number of rotatable bonds is 8. The Morgan fingerprint density at radius 3 is 2.64 bits per heavy atom. The highest BCUT2D eigenvalue weighted by molar-refractivity contribution is 5.97. The van der Waals surface area contributed by atoms with Crippen LogP contribution in [0, 0.1) is 11.8 Å². The van der Waals surface area contributed by atoms with Gasteiger partial charge in [-0.25, -0.2) is 0 Å². The van der Waals surface area contributed by atoms with Crippen LogP contribution < -0.4 is 10.1 Å². The summed E-state index contributed by atoms with van der Waals surface area (Å²) < 4.78 is 11.8. The smallest absolute Gasteiger partial charge is 0.256 e.